The second kappa shape index (κ2) is 6.51. The van der Waals surface area contributed by atoms with Gasteiger partial charge in [-0.05, 0) is 19.1 Å². The normalized spacial score (nSPS) is 10.5. The number of amides is 1. The molecule has 0 bridgehead atoms. The van der Waals surface area contributed by atoms with Crippen LogP contribution in [0.1, 0.15) is 16.8 Å². The van der Waals surface area contributed by atoms with Crippen LogP contribution in [0.3, 0.4) is 0 Å². The average Bonchev–Trinajstić information content (AvgIpc) is 2.80. The van der Waals surface area contributed by atoms with Crippen molar-refractivity contribution in [2.24, 2.45) is 7.05 Å². The van der Waals surface area contributed by atoms with Gasteiger partial charge >= 0.3 is 0 Å². The van der Waals surface area contributed by atoms with Crippen LogP contribution in [-0.4, -0.2) is 20.6 Å². The number of nitrogens with zero attached hydrogens (tertiary/aromatic N) is 3. The van der Waals surface area contributed by atoms with Crippen LogP contribution in [0.5, 0.6) is 0 Å². The van der Waals surface area contributed by atoms with Gasteiger partial charge in [0, 0.05) is 37.5 Å². The van der Waals surface area contributed by atoms with E-state index in [2.05, 4.69) is 11.7 Å². The van der Waals surface area contributed by atoms with Gasteiger partial charge in [0.25, 0.3) is 0 Å². The maximum atomic E-state index is 13.8. The molecule has 0 spiro atoms. The molecule has 1 aromatic carbocycles. The number of carbonyl (C=O) groups is 1. The fourth-order valence-corrected chi connectivity index (χ4v) is 2.23. The summed E-state index contributed by atoms with van der Waals surface area (Å²) in [6.07, 6.45) is 2.95. The summed E-state index contributed by atoms with van der Waals surface area (Å²) >= 11 is 0. The van der Waals surface area contributed by atoms with E-state index in [1.165, 1.54) is 17.0 Å². The summed E-state index contributed by atoms with van der Waals surface area (Å²) in [4.78, 5) is 13.4. The minimum atomic E-state index is -0.938. The van der Waals surface area contributed by atoms with Crippen LogP contribution in [0.2, 0.25) is 0 Å². The first-order valence-corrected chi connectivity index (χ1v) is 6.75. The minimum Gasteiger partial charge on any atom is -0.330 e. The van der Waals surface area contributed by atoms with Crippen molar-refractivity contribution in [3.8, 4) is 0 Å². The molecule has 116 valence electrons. The van der Waals surface area contributed by atoms with E-state index in [9.17, 15) is 13.6 Å². The number of hydrogen-bond donors (Lipinski definition) is 0. The standard InChI is InChI=1S/C16H17F2N3O/c1-4-15(22)21(10-13-8-20(3)19-11(13)2)9-12-6-5-7-14(17)16(12)18/h4-8H,1,9-10H2,2-3H3. The van der Waals surface area contributed by atoms with E-state index in [0.29, 0.717) is 0 Å². The predicted octanol–water partition coefficient (Wildman–Crippen LogP) is 2.72. The molecular formula is C16H17F2N3O. The zero-order valence-electron chi connectivity index (χ0n) is 12.5. The first-order chi connectivity index (χ1) is 10.4. The van der Waals surface area contributed by atoms with Gasteiger partial charge in [0.1, 0.15) is 0 Å². The Bertz CT molecular complexity index is 709. The molecule has 22 heavy (non-hydrogen) atoms. The fraction of sp³-hybridized carbons (Fsp3) is 0.250. The smallest absolute Gasteiger partial charge is 0.246 e. The molecule has 0 aliphatic carbocycles. The topological polar surface area (TPSA) is 38.1 Å². The average molecular weight is 305 g/mol. The number of carbonyl (C=O) groups excluding carboxylic acids is 1. The van der Waals surface area contributed by atoms with Crippen molar-refractivity contribution in [3.63, 3.8) is 0 Å². The lowest BCUT2D eigenvalue weighted by Crippen LogP contribution is -2.29. The summed E-state index contributed by atoms with van der Waals surface area (Å²) in [6.45, 7) is 5.49. The Labute approximate surface area is 127 Å². The predicted molar refractivity (Wildman–Crippen MR) is 78.8 cm³/mol. The van der Waals surface area contributed by atoms with Gasteiger partial charge in [-0.1, -0.05) is 18.7 Å². The zero-order chi connectivity index (χ0) is 16.3. The van der Waals surface area contributed by atoms with Gasteiger partial charge in [-0.3, -0.25) is 9.48 Å². The van der Waals surface area contributed by atoms with Crippen LogP contribution in [-0.2, 0) is 24.9 Å². The van der Waals surface area contributed by atoms with Crippen LogP contribution in [0, 0.1) is 18.6 Å². The first-order valence-electron chi connectivity index (χ1n) is 6.75. The van der Waals surface area contributed by atoms with Gasteiger partial charge < -0.3 is 4.90 Å². The van der Waals surface area contributed by atoms with E-state index in [1.54, 1.807) is 17.9 Å². The Balaban J connectivity index is 2.27. The van der Waals surface area contributed by atoms with Gasteiger partial charge in [0.15, 0.2) is 11.6 Å². The zero-order valence-corrected chi connectivity index (χ0v) is 12.5. The summed E-state index contributed by atoms with van der Waals surface area (Å²) in [5.74, 6) is -2.22. The van der Waals surface area contributed by atoms with Crippen LogP contribution >= 0.6 is 0 Å². The van der Waals surface area contributed by atoms with Crippen molar-refractivity contribution >= 4 is 5.91 Å². The highest BCUT2D eigenvalue weighted by Crippen LogP contribution is 2.17. The van der Waals surface area contributed by atoms with E-state index in [1.807, 2.05) is 6.92 Å². The molecule has 0 radical (unpaired) electrons. The lowest BCUT2D eigenvalue weighted by atomic mass is 10.1. The fourth-order valence-electron chi connectivity index (χ4n) is 2.23. The lowest BCUT2D eigenvalue weighted by molar-refractivity contribution is -0.127. The van der Waals surface area contributed by atoms with Crippen molar-refractivity contribution in [2.45, 2.75) is 20.0 Å². The minimum absolute atomic E-state index is 0.0389. The van der Waals surface area contributed by atoms with E-state index in [-0.39, 0.29) is 24.6 Å². The van der Waals surface area contributed by atoms with Gasteiger partial charge in [-0.2, -0.15) is 5.10 Å². The molecule has 1 aromatic heterocycles. The SMILES string of the molecule is C=CC(=O)N(Cc1cn(C)nc1C)Cc1cccc(F)c1F. The number of halogens is 2. The highest BCUT2D eigenvalue weighted by Gasteiger charge is 2.17. The Hall–Kier alpha value is -2.50. The molecule has 0 saturated carbocycles. The molecule has 2 aromatic rings. The molecule has 0 N–H and O–H groups in total. The Kier molecular flexibility index (Phi) is 4.70. The molecular weight excluding hydrogens is 288 g/mol. The molecule has 0 aliphatic rings. The monoisotopic (exact) mass is 305 g/mol. The maximum absolute atomic E-state index is 13.8. The second-order valence-electron chi connectivity index (χ2n) is 5.02. The highest BCUT2D eigenvalue weighted by atomic mass is 19.2. The van der Waals surface area contributed by atoms with Crippen LogP contribution in [0.15, 0.2) is 37.1 Å². The van der Waals surface area contributed by atoms with Crippen molar-refractivity contribution in [1.29, 1.82) is 0 Å². The third kappa shape index (κ3) is 3.39. The Morgan fingerprint density at radius 2 is 2.05 bits per heavy atom. The summed E-state index contributed by atoms with van der Waals surface area (Å²) in [7, 11) is 1.78. The number of aromatic nitrogens is 2. The van der Waals surface area contributed by atoms with Gasteiger partial charge in [-0.25, -0.2) is 8.78 Å². The molecule has 4 nitrogen and oxygen atoms in total. The quantitative estimate of drug-likeness (QED) is 0.797. The molecule has 0 aliphatic heterocycles. The Morgan fingerprint density at radius 1 is 1.36 bits per heavy atom. The Morgan fingerprint density at radius 3 is 2.64 bits per heavy atom. The highest BCUT2D eigenvalue weighted by molar-refractivity contribution is 5.86. The van der Waals surface area contributed by atoms with Crippen molar-refractivity contribution in [2.75, 3.05) is 0 Å². The van der Waals surface area contributed by atoms with E-state index < -0.39 is 11.6 Å². The summed E-state index contributed by atoms with van der Waals surface area (Å²) in [5, 5.41) is 4.21. The van der Waals surface area contributed by atoms with Crippen LogP contribution < -0.4 is 0 Å². The van der Waals surface area contributed by atoms with E-state index in [0.717, 1.165) is 23.4 Å². The third-order valence-electron chi connectivity index (χ3n) is 3.36. The van der Waals surface area contributed by atoms with Crippen molar-refractivity contribution in [3.05, 3.63) is 65.5 Å². The molecule has 1 heterocycles. The van der Waals surface area contributed by atoms with Gasteiger partial charge in [0.2, 0.25) is 5.91 Å². The summed E-state index contributed by atoms with van der Waals surface area (Å²) in [6, 6.07) is 3.92. The second-order valence-corrected chi connectivity index (χ2v) is 5.02. The van der Waals surface area contributed by atoms with Crippen LogP contribution in [0.4, 0.5) is 8.78 Å². The maximum Gasteiger partial charge on any atom is 0.246 e. The van der Waals surface area contributed by atoms with E-state index >= 15 is 0 Å². The van der Waals surface area contributed by atoms with E-state index in [4.69, 9.17) is 0 Å². The molecule has 2 rings (SSSR count). The van der Waals surface area contributed by atoms with Crippen LogP contribution in [0.25, 0.3) is 0 Å². The van der Waals surface area contributed by atoms with Crippen molar-refractivity contribution in [1.82, 2.24) is 14.7 Å². The molecule has 0 saturated heterocycles. The largest absolute Gasteiger partial charge is 0.330 e. The first kappa shape index (κ1) is 15.9. The van der Waals surface area contributed by atoms with Crippen molar-refractivity contribution < 1.29 is 13.6 Å². The lowest BCUT2D eigenvalue weighted by Gasteiger charge is -2.21. The molecule has 1 amide bonds. The molecule has 0 atom stereocenters. The van der Waals surface area contributed by atoms with Gasteiger partial charge in [0.05, 0.1) is 5.69 Å². The number of aryl methyl sites for hydroxylation is 2. The molecule has 6 heteroatoms. The number of benzene rings is 1. The molecule has 0 fully saturated rings. The third-order valence-corrected chi connectivity index (χ3v) is 3.36. The number of hydrogen-bond acceptors (Lipinski definition) is 2. The molecule has 0 unspecified atom stereocenters. The summed E-state index contributed by atoms with van der Waals surface area (Å²) in [5.41, 5.74) is 1.75. The summed E-state index contributed by atoms with van der Waals surface area (Å²) < 4.78 is 28.7. The number of rotatable bonds is 5. The van der Waals surface area contributed by atoms with Gasteiger partial charge in [-0.15, -0.1) is 0 Å².